The standard InChI is InChI=1S/C10H17N3O2/c1-2-9-12-13-10(15-9)6-14-8-5-3-4-7(8)11/h7-8H,2-6,11H2,1H3. The minimum absolute atomic E-state index is 0.155. The average molecular weight is 211 g/mol. The molecular weight excluding hydrogens is 194 g/mol. The maximum Gasteiger partial charge on any atom is 0.242 e. The van der Waals surface area contributed by atoms with Crippen molar-refractivity contribution in [3.05, 3.63) is 11.8 Å². The number of ether oxygens (including phenoxy) is 1. The van der Waals surface area contributed by atoms with Crippen molar-refractivity contribution in [1.82, 2.24) is 10.2 Å². The lowest BCUT2D eigenvalue weighted by atomic mass is 10.2. The van der Waals surface area contributed by atoms with Crippen LogP contribution in [0.15, 0.2) is 4.42 Å². The Bertz CT molecular complexity index is 313. The molecule has 0 amide bonds. The molecule has 0 spiro atoms. The van der Waals surface area contributed by atoms with E-state index in [9.17, 15) is 0 Å². The van der Waals surface area contributed by atoms with E-state index in [0.29, 0.717) is 18.4 Å². The fourth-order valence-electron chi connectivity index (χ4n) is 1.83. The van der Waals surface area contributed by atoms with Crippen LogP contribution in [0.3, 0.4) is 0 Å². The summed E-state index contributed by atoms with van der Waals surface area (Å²) in [4.78, 5) is 0. The normalized spacial score (nSPS) is 26.0. The van der Waals surface area contributed by atoms with Crippen molar-refractivity contribution < 1.29 is 9.15 Å². The third kappa shape index (κ3) is 2.54. The quantitative estimate of drug-likeness (QED) is 0.805. The summed E-state index contributed by atoms with van der Waals surface area (Å²) in [5.41, 5.74) is 5.88. The van der Waals surface area contributed by atoms with Crippen LogP contribution in [0.5, 0.6) is 0 Å². The van der Waals surface area contributed by atoms with Gasteiger partial charge in [0, 0.05) is 12.5 Å². The van der Waals surface area contributed by atoms with E-state index < -0.39 is 0 Å². The fraction of sp³-hybridized carbons (Fsp3) is 0.800. The highest BCUT2D eigenvalue weighted by molar-refractivity contribution is 4.83. The van der Waals surface area contributed by atoms with Crippen LogP contribution in [-0.2, 0) is 17.8 Å². The third-order valence-electron chi connectivity index (χ3n) is 2.74. The summed E-state index contributed by atoms with van der Waals surface area (Å²) >= 11 is 0. The van der Waals surface area contributed by atoms with E-state index in [2.05, 4.69) is 10.2 Å². The highest BCUT2D eigenvalue weighted by Gasteiger charge is 2.24. The van der Waals surface area contributed by atoms with Crippen LogP contribution in [-0.4, -0.2) is 22.3 Å². The van der Waals surface area contributed by atoms with Gasteiger partial charge in [0.05, 0.1) is 6.10 Å². The zero-order chi connectivity index (χ0) is 10.7. The van der Waals surface area contributed by atoms with Crippen molar-refractivity contribution in [3.8, 4) is 0 Å². The van der Waals surface area contributed by atoms with Gasteiger partial charge < -0.3 is 14.9 Å². The summed E-state index contributed by atoms with van der Waals surface area (Å²) in [6.45, 7) is 2.36. The van der Waals surface area contributed by atoms with Gasteiger partial charge in [0.15, 0.2) is 0 Å². The van der Waals surface area contributed by atoms with E-state index in [1.807, 2.05) is 6.92 Å². The number of aryl methyl sites for hydroxylation is 1. The Morgan fingerprint density at radius 3 is 2.80 bits per heavy atom. The lowest BCUT2D eigenvalue weighted by molar-refractivity contribution is 0.0236. The molecule has 2 atom stereocenters. The molecule has 5 nitrogen and oxygen atoms in total. The molecule has 15 heavy (non-hydrogen) atoms. The summed E-state index contributed by atoms with van der Waals surface area (Å²) in [6.07, 6.45) is 4.15. The molecule has 84 valence electrons. The molecule has 0 saturated heterocycles. The van der Waals surface area contributed by atoms with Crippen molar-refractivity contribution in [3.63, 3.8) is 0 Å². The number of rotatable bonds is 4. The van der Waals surface area contributed by atoms with Crippen LogP contribution < -0.4 is 5.73 Å². The SMILES string of the molecule is CCc1nnc(COC2CCCC2N)o1. The molecule has 1 aromatic rings. The summed E-state index contributed by atoms with van der Waals surface area (Å²) < 4.78 is 11.0. The van der Waals surface area contributed by atoms with Crippen LogP contribution in [0.25, 0.3) is 0 Å². The summed E-state index contributed by atoms with van der Waals surface area (Å²) in [6, 6.07) is 0.165. The van der Waals surface area contributed by atoms with Gasteiger partial charge in [-0.05, 0) is 19.3 Å². The highest BCUT2D eigenvalue weighted by Crippen LogP contribution is 2.21. The first-order chi connectivity index (χ1) is 7.29. The lowest BCUT2D eigenvalue weighted by Crippen LogP contribution is -2.31. The average Bonchev–Trinajstić information content (AvgIpc) is 2.84. The van der Waals surface area contributed by atoms with Gasteiger partial charge in [-0.2, -0.15) is 0 Å². The molecular formula is C10H17N3O2. The van der Waals surface area contributed by atoms with Crippen molar-refractivity contribution >= 4 is 0 Å². The van der Waals surface area contributed by atoms with Crippen LogP contribution in [0.1, 0.15) is 38.0 Å². The second-order valence-electron chi connectivity index (χ2n) is 3.89. The van der Waals surface area contributed by atoms with E-state index in [-0.39, 0.29) is 12.1 Å². The topological polar surface area (TPSA) is 74.2 Å². The number of hydrogen-bond acceptors (Lipinski definition) is 5. The fourth-order valence-corrected chi connectivity index (χ4v) is 1.83. The Balaban J connectivity index is 1.82. The molecule has 0 aliphatic heterocycles. The minimum atomic E-state index is 0.155. The Morgan fingerprint density at radius 2 is 2.20 bits per heavy atom. The predicted octanol–water partition coefficient (Wildman–Crippen LogP) is 1.03. The first-order valence-corrected chi connectivity index (χ1v) is 5.48. The monoisotopic (exact) mass is 211 g/mol. The molecule has 2 rings (SSSR count). The molecule has 1 aliphatic carbocycles. The largest absolute Gasteiger partial charge is 0.423 e. The zero-order valence-corrected chi connectivity index (χ0v) is 8.98. The van der Waals surface area contributed by atoms with Gasteiger partial charge in [-0.25, -0.2) is 0 Å². The Labute approximate surface area is 89.0 Å². The Hall–Kier alpha value is -0.940. The molecule has 1 aliphatic rings. The van der Waals surface area contributed by atoms with Crippen LogP contribution in [0, 0.1) is 0 Å². The van der Waals surface area contributed by atoms with Crippen LogP contribution >= 0.6 is 0 Å². The van der Waals surface area contributed by atoms with Gasteiger partial charge in [0.25, 0.3) is 0 Å². The number of aromatic nitrogens is 2. The maximum atomic E-state index is 5.88. The number of nitrogens with zero attached hydrogens (tertiary/aromatic N) is 2. The lowest BCUT2D eigenvalue weighted by Gasteiger charge is -2.14. The van der Waals surface area contributed by atoms with E-state index >= 15 is 0 Å². The summed E-state index contributed by atoms with van der Waals surface area (Å²) in [7, 11) is 0. The van der Waals surface area contributed by atoms with E-state index in [1.165, 1.54) is 0 Å². The smallest absolute Gasteiger partial charge is 0.242 e. The van der Waals surface area contributed by atoms with Gasteiger partial charge >= 0.3 is 0 Å². The van der Waals surface area contributed by atoms with Gasteiger partial charge in [-0.3, -0.25) is 0 Å². The molecule has 0 bridgehead atoms. The third-order valence-corrected chi connectivity index (χ3v) is 2.74. The molecule has 1 heterocycles. The van der Waals surface area contributed by atoms with Gasteiger partial charge in [0.1, 0.15) is 6.61 Å². The van der Waals surface area contributed by atoms with E-state index in [0.717, 1.165) is 25.7 Å². The summed E-state index contributed by atoms with van der Waals surface area (Å²) in [5.74, 6) is 1.20. The van der Waals surface area contributed by atoms with Crippen LogP contribution in [0.4, 0.5) is 0 Å². The number of hydrogen-bond donors (Lipinski definition) is 1. The second kappa shape index (κ2) is 4.72. The zero-order valence-electron chi connectivity index (χ0n) is 8.98. The van der Waals surface area contributed by atoms with Gasteiger partial charge in [0.2, 0.25) is 11.8 Å². The van der Waals surface area contributed by atoms with Crippen LogP contribution in [0.2, 0.25) is 0 Å². The minimum Gasteiger partial charge on any atom is -0.423 e. The first kappa shape index (κ1) is 10.6. The van der Waals surface area contributed by atoms with Crippen molar-refractivity contribution in [2.75, 3.05) is 0 Å². The van der Waals surface area contributed by atoms with Crippen molar-refractivity contribution in [1.29, 1.82) is 0 Å². The Morgan fingerprint density at radius 1 is 1.40 bits per heavy atom. The molecule has 1 fully saturated rings. The first-order valence-electron chi connectivity index (χ1n) is 5.48. The van der Waals surface area contributed by atoms with Crippen molar-refractivity contribution in [2.45, 2.75) is 51.4 Å². The molecule has 0 aromatic carbocycles. The molecule has 1 saturated carbocycles. The second-order valence-corrected chi connectivity index (χ2v) is 3.89. The highest BCUT2D eigenvalue weighted by atomic mass is 16.5. The van der Waals surface area contributed by atoms with E-state index in [1.54, 1.807) is 0 Å². The number of nitrogens with two attached hydrogens (primary N) is 1. The van der Waals surface area contributed by atoms with Crippen molar-refractivity contribution in [2.24, 2.45) is 5.73 Å². The van der Waals surface area contributed by atoms with Gasteiger partial charge in [-0.15, -0.1) is 10.2 Å². The van der Waals surface area contributed by atoms with E-state index in [4.69, 9.17) is 14.9 Å². The predicted molar refractivity (Wildman–Crippen MR) is 54.1 cm³/mol. The molecule has 1 aromatic heterocycles. The molecule has 2 N–H and O–H groups in total. The maximum absolute atomic E-state index is 5.88. The molecule has 5 heteroatoms. The Kier molecular flexibility index (Phi) is 3.33. The molecule has 0 radical (unpaired) electrons. The van der Waals surface area contributed by atoms with Gasteiger partial charge in [-0.1, -0.05) is 6.92 Å². The summed E-state index contributed by atoms with van der Waals surface area (Å²) in [5, 5.41) is 7.76. The molecule has 2 unspecified atom stereocenters.